The predicted molar refractivity (Wildman–Crippen MR) is 85.0 cm³/mol. The fraction of sp³-hybridized carbons (Fsp3) is 0.556. The Kier molecular flexibility index (Phi) is 4.63. The summed E-state index contributed by atoms with van der Waals surface area (Å²) in [7, 11) is 0. The second-order valence-electron chi connectivity index (χ2n) is 6.52. The molecule has 1 aromatic rings. The van der Waals surface area contributed by atoms with Gasteiger partial charge >= 0.3 is 0 Å². The number of nitrogens with zero attached hydrogens (tertiary/aromatic N) is 3. The highest BCUT2D eigenvalue weighted by Gasteiger charge is 2.38. The van der Waals surface area contributed by atoms with Crippen LogP contribution in [0.25, 0.3) is 0 Å². The number of rotatable bonds is 3. The molecule has 4 nitrogen and oxygen atoms in total. The van der Waals surface area contributed by atoms with Crippen molar-refractivity contribution in [1.82, 2.24) is 9.80 Å². The van der Waals surface area contributed by atoms with E-state index in [4.69, 9.17) is 5.26 Å². The van der Waals surface area contributed by atoms with Crippen molar-refractivity contribution >= 4 is 5.91 Å². The van der Waals surface area contributed by atoms with Gasteiger partial charge in [0.05, 0.1) is 11.6 Å². The second-order valence-corrected chi connectivity index (χ2v) is 6.52. The summed E-state index contributed by atoms with van der Waals surface area (Å²) in [5.74, 6) is -0.173. The van der Waals surface area contributed by atoms with Crippen LogP contribution < -0.4 is 0 Å². The highest BCUT2D eigenvalue weighted by atomic mass is 19.1. The molecule has 2 atom stereocenters. The zero-order chi connectivity index (χ0) is 16.4. The summed E-state index contributed by atoms with van der Waals surface area (Å²) in [4.78, 5) is 16.1. The Morgan fingerprint density at radius 3 is 2.74 bits per heavy atom. The van der Waals surface area contributed by atoms with Crippen LogP contribution in [-0.4, -0.2) is 40.9 Å². The van der Waals surface area contributed by atoms with Crippen molar-refractivity contribution in [2.45, 2.75) is 51.2 Å². The van der Waals surface area contributed by atoms with Crippen molar-refractivity contribution in [3.8, 4) is 6.07 Å². The van der Waals surface area contributed by atoms with Gasteiger partial charge in [0, 0.05) is 37.7 Å². The molecule has 2 aliphatic rings. The number of nitriles is 1. The summed E-state index contributed by atoms with van der Waals surface area (Å²) in [6.45, 7) is 3.96. The molecule has 1 aromatic carbocycles. The first-order chi connectivity index (χ1) is 11.1. The van der Waals surface area contributed by atoms with E-state index in [-0.39, 0.29) is 17.8 Å². The first-order valence-electron chi connectivity index (χ1n) is 8.30. The molecule has 0 radical (unpaired) electrons. The van der Waals surface area contributed by atoms with Crippen LogP contribution in [0.1, 0.15) is 43.7 Å². The van der Waals surface area contributed by atoms with E-state index in [1.165, 1.54) is 6.07 Å². The largest absolute Gasteiger partial charge is 0.338 e. The van der Waals surface area contributed by atoms with Gasteiger partial charge in [-0.2, -0.15) is 5.26 Å². The van der Waals surface area contributed by atoms with E-state index in [1.807, 2.05) is 11.0 Å². The van der Waals surface area contributed by atoms with Crippen molar-refractivity contribution < 1.29 is 9.18 Å². The lowest BCUT2D eigenvalue weighted by Gasteiger charge is -2.34. The zero-order valence-corrected chi connectivity index (χ0v) is 13.5. The van der Waals surface area contributed by atoms with Crippen molar-refractivity contribution in [2.24, 2.45) is 0 Å². The second kappa shape index (κ2) is 6.67. The lowest BCUT2D eigenvalue weighted by atomic mass is 10.0. The van der Waals surface area contributed by atoms with E-state index in [2.05, 4.69) is 4.90 Å². The summed E-state index contributed by atoms with van der Waals surface area (Å²) in [6, 6.07) is 7.22. The predicted octanol–water partition coefficient (Wildman–Crippen LogP) is 2.67. The SMILES string of the molecule is CC(=O)N1CCC[C@H]1[C@@H]1CCCN1Cc1ccc(C#N)cc1F. The van der Waals surface area contributed by atoms with E-state index in [9.17, 15) is 9.18 Å². The van der Waals surface area contributed by atoms with Crippen LogP contribution in [0.4, 0.5) is 4.39 Å². The molecule has 0 saturated carbocycles. The fourth-order valence-corrected chi connectivity index (χ4v) is 4.03. The van der Waals surface area contributed by atoms with E-state index < -0.39 is 0 Å². The van der Waals surface area contributed by atoms with Gasteiger partial charge in [0.2, 0.25) is 5.91 Å². The Labute approximate surface area is 136 Å². The molecule has 2 heterocycles. The summed E-state index contributed by atoms with van der Waals surface area (Å²) >= 11 is 0. The minimum atomic E-state index is -0.315. The number of carbonyl (C=O) groups excluding carboxylic acids is 1. The maximum Gasteiger partial charge on any atom is 0.219 e. The molecule has 2 saturated heterocycles. The van der Waals surface area contributed by atoms with Crippen molar-refractivity contribution in [3.05, 3.63) is 35.1 Å². The van der Waals surface area contributed by atoms with Crippen LogP contribution in [0.2, 0.25) is 0 Å². The fourth-order valence-electron chi connectivity index (χ4n) is 4.03. The molecule has 1 amide bonds. The van der Waals surface area contributed by atoms with Crippen LogP contribution in [0.3, 0.4) is 0 Å². The normalized spacial score (nSPS) is 24.8. The monoisotopic (exact) mass is 315 g/mol. The van der Waals surface area contributed by atoms with Gasteiger partial charge in [-0.1, -0.05) is 6.07 Å². The maximum absolute atomic E-state index is 14.2. The van der Waals surface area contributed by atoms with Gasteiger partial charge in [0.15, 0.2) is 0 Å². The van der Waals surface area contributed by atoms with Gasteiger partial charge in [-0.25, -0.2) is 4.39 Å². The van der Waals surface area contributed by atoms with Gasteiger partial charge < -0.3 is 4.90 Å². The Balaban J connectivity index is 1.75. The molecular formula is C18H22FN3O. The highest BCUT2D eigenvalue weighted by Crippen LogP contribution is 2.31. The summed E-state index contributed by atoms with van der Waals surface area (Å²) < 4.78 is 14.2. The Morgan fingerprint density at radius 2 is 2.04 bits per heavy atom. The quantitative estimate of drug-likeness (QED) is 0.861. The van der Waals surface area contributed by atoms with E-state index in [1.54, 1.807) is 19.1 Å². The molecule has 122 valence electrons. The molecule has 0 bridgehead atoms. The van der Waals surface area contributed by atoms with Crippen LogP contribution in [0.15, 0.2) is 18.2 Å². The Hall–Kier alpha value is -1.93. The summed E-state index contributed by atoms with van der Waals surface area (Å²) in [6.07, 6.45) is 4.24. The van der Waals surface area contributed by atoms with Crippen LogP contribution in [0.5, 0.6) is 0 Å². The molecule has 23 heavy (non-hydrogen) atoms. The highest BCUT2D eigenvalue weighted by molar-refractivity contribution is 5.74. The standard InChI is InChI=1S/C18H22FN3O/c1-13(23)22-9-3-5-18(22)17-4-2-8-21(17)12-15-7-6-14(11-20)10-16(15)19/h6-7,10,17-18H,2-5,8-9,12H2,1H3/t17-,18-/m0/s1. The van der Waals surface area contributed by atoms with Gasteiger partial charge in [0.1, 0.15) is 5.82 Å². The first-order valence-corrected chi connectivity index (χ1v) is 8.30. The molecule has 0 spiro atoms. The third-order valence-electron chi connectivity index (χ3n) is 5.12. The van der Waals surface area contributed by atoms with Gasteiger partial charge in [-0.3, -0.25) is 9.69 Å². The van der Waals surface area contributed by atoms with Gasteiger partial charge in [-0.15, -0.1) is 0 Å². The van der Waals surface area contributed by atoms with Crippen LogP contribution >= 0.6 is 0 Å². The molecular weight excluding hydrogens is 293 g/mol. The van der Waals surface area contributed by atoms with Gasteiger partial charge in [0.25, 0.3) is 0 Å². The molecule has 0 unspecified atom stereocenters. The molecule has 3 rings (SSSR count). The molecule has 0 aliphatic carbocycles. The zero-order valence-electron chi connectivity index (χ0n) is 13.5. The number of likely N-dealkylation sites (tertiary alicyclic amines) is 2. The number of hydrogen-bond acceptors (Lipinski definition) is 3. The van der Waals surface area contributed by atoms with E-state index in [0.717, 1.165) is 38.8 Å². The van der Waals surface area contributed by atoms with E-state index in [0.29, 0.717) is 23.7 Å². The average Bonchev–Trinajstić information content (AvgIpc) is 3.17. The molecule has 0 aromatic heterocycles. The first kappa shape index (κ1) is 15.9. The summed E-state index contributed by atoms with van der Waals surface area (Å²) in [5, 5.41) is 8.84. The van der Waals surface area contributed by atoms with Crippen molar-refractivity contribution in [3.63, 3.8) is 0 Å². The number of carbonyl (C=O) groups is 1. The van der Waals surface area contributed by atoms with Crippen LogP contribution in [-0.2, 0) is 11.3 Å². The third kappa shape index (κ3) is 3.23. The lowest BCUT2D eigenvalue weighted by Crippen LogP contribution is -2.47. The molecule has 2 aliphatic heterocycles. The maximum atomic E-state index is 14.2. The Morgan fingerprint density at radius 1 is 1.30 bits per heavy atom. The van der Waals surface area contributed by atoms with Crippen molar-refractivity contribution in [1.29, 1.82) is 5.26 Å². The van der Waals surface area contributed by atoms with Crippen LogP contribution in [0, 0.1) is 17.1 Å². The Bertz CT molecular complexity index is 640. The smallest absolute Gasteiger partial charge is 0.219 e. The molecule has 2 fully saturated rings. The molecule has 0 N–H and O–H groups in total. The average molecular weight is 315 g/mol. The minimum absolute atomic E-state index is 0.143. The number of hydrogen-bond donors (Lipinski definition) is 0. The number of halogens is 1. The minimum Gasteiger partial charge on any atom is -0.338 e. The lowest BCUT2D eigenvalue weighted by molar-refractivity contribution is -0.130. The summed E-state index contributed by atoms with van der Waals surface area (Å²) in [5.41, 5.74) is 0.978. The van der Waals surface area contributed by atoms with Gasteiger partial charge in [-0.05, 0) is 44.4 Å². The number of amides is 1. The molecule has 5 heteroatoms. The topological polar surface area (TPSA) is 47.3 Å². The van der Waals surface area contributed by atoms with Crippen molar-refractivity contribution in [2.75, 3.05) is 13.1 Å². The number of benzene rings is 1. The third-order valence-corrected chi connectivity index (χ3v) is 5.12. The van der Waals surface area contributed by atoms with E-state index >= 15 is 0 Å².